The van der Waals surface area contributed by atoms with E-state index in [4.69, 9.17) is 0 Å². The van der Waals surface area contributed by atoms with Crippen LogP contribution < -0.4 is 5.32 Å². The summed E-state index contributed by atoms with van der Waals surface area (Å²) in [4.78, 5) is 11.8. The van der Waals surface area contributed by atoms with Gasteiger partial charge in [-0.15, -0.1) is 0 Å². The quantitative estimate of drug-likeness (QED) is 0.750. The van der Waals surface area contributed by atoms with E-state index in [2.05, 4.69) is 5.32 Å². The molecule has 0 aliphatic heterocycles. The lowest BCUT2D eigenvalue weighted by Gasteiger charge is -2.12. The molecule has 0 saturated heterocycles. The Morgan fingerprint density at radius 2 is 2.00 bits per heavy atom. The highest BCUT2D eigenvalue weighted by atomic mass is 32.2. The number of nitrogens with one attached hydrogen (secondary N) is 1. The van der Waals surface area contributed by atoms with Crippen molar-refractivity contribution < 1.29 is 15.0 Å². The summed E-state index contributed by atoms with van der Waals surface area (Å²) in [6, 6.07) is 4.23. The van der Waals surface area contributed by atoms with E-state index < -0.39 is 5.91 Å². The number of carbonyl (C=O) groups excluding carboxylic acids is 1. The van der Waals surface area contributed by atoms with E-state index in [9.17, 15) is 15.0 Å². The molecule has 0 fully saturated rings. The third-order valence-corrected chi connectivity index (χ3v) is 3.21. The van der Waals surface area contributed by atoms with Crippen LogP contribution in [0.25, 0.3) is 0 Å². The molecule has 0 spiro atoms. The normalized spacial score (nSPS) is 12.1. The molecule has 1 unspecified atom stereocenters. The number of phenols is 2. The topological polar surface area (TPSA) is 69.6 Å². The predicted octanol–water partition coefficient (Wildman–Crippen LogP) is 1.83. The average molecular weight is 255 g/mol. The molecule has 0 saturated carbocycles. The van der Waals surface area contributed by atoms with E-state index in [0.717, 1.165) is 5.75 Å². The van der Waals surface area contributed by atoms with Crippen molar-refractivity contribution in [2.75, 3.05) is 18.6 Å². The minimum Gasteiger partial charge on any atom is -0.507 e. The molecule has 5 heteroatoms. The van der Waals surface area contributed by atoms with Crippen molar-refractivity contribution in [2.24, 2.45) is 5.92 Å². The minimum atomic E-state index is -0.450. The standard InChI is InChI=1S/C12H17NO3S/c1-8(7-17-2)6-13-12(16)11-9(14)4-3-5-10(11)15/h3-5,8,14-15H,6-7H2,1-2H3,(H,13,16). The van der Waals surface area contributed by atoms with Crippen molar-refractivity contribution in [1.29, 1.82) is 0 Å². The van der Waals surface area contributed by atoms with Crippen molar-refractivity contribution in [3.05, 3.63) is 23.8 Å². The molecule has 1 aromatic carbocycles. The van der Waals surface area contributed by atoms with Crippen LogP contribution >= 0.6 is 11.8 Å². The Hall–Kier alpha value is -1.36. The highest BCUT2D eigenvalue weighted by Crippen LogP contribution is 2.25. The van der Waals surface area contributed by atoms with Gasteiger partial charge in [0.15, 0.2) is 0 Å². The first kappa shape index (κ1) is 13.7. The van der Waals surface area contributed by atoms with Crippen molar-refractivity contribution >= 4 is 17.7 Å². The fraction of sp³-hybridized carbons (Fsp3) is 0.417. The maximum atomic E-state index is 11.8. The van der Waals surface area contributed by atoms with Crippen LogP contribution in [0.4, 0.5) is 0 Å². The van der Waals surface area contributed by atoms with Gasteiger partial charge in [0, 0.05) is 6.54 Å². The van der Waals surface area contributed by atoms with Crippen LogP contribution in [0.1, 0.15) is 17.3 Å². The highest BCUT2D eigenvalue weighted by Gasteiger charge is 2.16. The van der Waals surface area contributed by atoms with Gasteiger partial charge in [-0.05, 0) is 30.1 Å². The summed E-state index contributed by atoms with van der Waals surface area (Å²) >= 11 is 1.71. The molecule has 0 aromatic heterocycles. The Morgan fingerprint density at radius 1 is 1.41 bits per heavy atom. The van der Waals surface area contributed by atoms with Crippen LogP contribution in [0, 0.1) is 5.92 Å². The molecule has 17 heavy (non-hydrogen) atoms. The first-order valence-electron chi connectivity index (χ1n) is 5.34. The Bertz CT molecular complexity index is 375. The summed E-state index contributed by atoms with van der Waals surface area (Å²) in [5.74, 6) is 0.433. The number of phenolic OH excluding ortho intramolecular Hbond substituents is 2. The lowest BCUT2D eigenvalue weighted by molar-refractivity contribution is 0.0944. The summed E-state index contributed by atoms with van der Waals surface area (Å²) < 4.78 is 0. The zero-order chi connectivity index (χ0) is 12.8. The van der Waals surface area contributed by atoms with Gasteiger partial charge < -0.3 is 15.5 Å². The number of aromatic hydroxyl groups is 2. The van der Waals surface area contributed by atoms with E-state index in [1.165, 1.54) is 18.2 Å². The molecule has 0 heterocycles. The number of rotatable bonds is 5. The van der Waals surface area contributed by atoms with Crippen LogP contribution in [-0.4, -0.2) is 34.7 Å². The molecule has 1 atom stereocenters. The summed E-state index contributed by atoms with van der Waals surface area (Å²) in [5.41, 5.74) is -0.0659. The smallest absolute Gasteiger partial charge is 0.258 e. The highest BCUT2D eigenvalue weighted by molar-refractivity contribution is 7.98. The zero-order valence-corrected chi connectivity index (χ0v) is 10.8. The van der Waals surface area contributed by atoms with E-state index in [-0.39, 0.29) is 17.1 Å². The number of amides is 1. The summed E-state index contributed by atoms with van der Waals surface area (Å²) in [6.07, 6.45) is 2.01. The molecule has 94 valence electrons. The SMILES string of the molecule is CSCC(C)CNC(=O)c1c(O)cccc1O. The second-order valence-corrected chi connectivity index (χ2v) is 4.85. The van der Waals surface area contributed by atoms with Gasteiger partial charge in [-0.25, -0.2) is 0 Å². The number of thioether (sulfide) groups is 1. The van der Waals surface area contributed by atoms with Crippen LogP contribution in [0.5, 0.6) is 11.5 Å². The Balaban J connectivity index is 2.64. The van der Waals surface area contributed by atoms with Gasteiger partial charge >= 0.3 is 0 Å². The summed E-state index contributed by atoms with van der Waals surface area (Å²) in [7, 11) is 0. The summed E-state index contributed by atoms with van der Waals surface area (Å²) in [6.45, 7) is 2.55. The summed E-state index contributed by atoms with van der Waals surface area (Å²) in [5, 5.41) is 21.7. The Kier molecular flexibility index (Phi) is 5.15. The van der Waals surface area contributed by atoms with Gasteiger partial charge in [0.1, 0.15) is 17.1 Å². The first-order chi connectivity index (χ1) is 8.06. The predicted molar refractivity (Wildman–Crippen MR) is 69.7 cm³/mol. The maximum absolute atomic E-state index is 11.8. The van der Waals surface area contributed by atoms with Crippen LogP contribution in [-0.2, 0) is 0 Å². The van der Waals surface area contributed by atoms with E-state index in [0.29, 0.717) is 12.5 Å². The molecule has 1 aromatic rings. The second-order valence-electron chi connectivity index (χ2n) is 3.94. The van der Waals surface area contributed by atoms with Gasteiger partial charge in [0.25, 0.3) is 5.91 Å². The second kappa shape index (κ2) is 6.39. The van der Waals surface area contributed by atoms with Crippen LogP contribution in [0.2, 0.25) is 0 Å². The van der Waals surface area contributed by atoms with Crippen molar-refractivity contribution in [1.82, 2.24) is 5.32 Å². The number of benzene rings is 1. The molecule has 0 aliphatic carbocycles. The number of carbonyl (C=O) groups is 1. The van der Waals surface area contributed by atoms with Gasteiger partial charge in [-0.1, -0.05) is 13.0 Å². The maximum Gasteiger partial charge on any atom is 0.258 e. The molecule has 0 aliphatic rings. The van der Waals surface area contributed by atoms with Gasteiger partial charge in [-0.2, -0.15) is 11.8 Å². The molecular weight excluding hydrogens is 238 g/mol. The molecule has 0 bridgehead atoms. The minimum absolute atomic E-state index is 0.0659. The lowest BCUT2D eigenvalue weighted by Crippen LogP contribution is -2.29. The average Bonchev–Trinajstić information content (AvgIpc) is 2.26. The molecule has 1 amide bonds. The largest absolute Gasteiger partial charge is 0.507 e. The zero-order valence-electron chi connectivity index (χ0n) is 9.93. The van der Waals surface area contributed by atoms with Crippen molar-refractivity contribution in [2.45, 2.75) is 6.92 Å². The van der Waals surface area contributed by atoms with Gasteiger partial charge in [0.05, 0.1) is 0 Å². The molecular formula is C12H17NO3S. The number of hydrogen-bond donors (Lipinski definition) is 3. The van der Waals surface area contributed by atoms with Crippen LogP contribution in [0.3, 0.4) is 0 Å². The van der Waals surface area contributed by atoms with E-state index >= 15 is 0 Å². The van der Waals surface area contributed by atoms with Gasteiger partial charge in [-0.3, -0.25) is 4.79 Å². The van der Waals surface area contributed by atoms with Crippen molar-refractivity contribution in [3.8, 4) is 11.5 Å². The molecule has 4 nitrogen and oxygen atoms in total. The molecule has 0 radical (unpaired) electrons. The molecule has 3 N–H and O–H groups in total. The Labute approximate surface area is 105 Å². The third-order valence-electron chi connectivity index (χ3n) is 2.31. The lowest BCUT2D eigenvalue weighted by atomic mass is 10.1. The van der Waals surface area contributed by atoms with E-state index in [1.807, 2.05) is 13.2 Å². The van der Waals surface area contributed by atoms with Crippen molar-refractivity contribution in [3.63, 3.8) is 0 Å². The Morgan fingerprint density at radius 3 is 2.53 bits per heavy atom. The first-order valence-corrected chi connectivity index (χ1v) is 6.73. The van der Waals surface area contributed by atoms with E-state index in [1.54, 1.807) is 11.8 Å². The monoisotopic (exact) mass is 255 g/mol. The van der Waals surface area contributed by atoms with Gasteiger partial charge in [0.2, 0.25) is 0 Å². The molecule has 1 rings (SSSR count). The fourth-order valence-corrected chi connectivity index (χ4v) is 2.15. The number of hydrogen-bond acceptors (Lipinski definition) is 4. The van der Waals surface area contributed by atoms with Crippen LogP contribution in [0.15, 0.2) is 18.2 Å². The fourth-order valence-electron chi connectivity index (χ4n) is 1.46. The third kappa shape index (κ3) is 3.85.